The number of nitrogens with one attached hydrogen (secondary N) is 1. The number of carbonyl (C=O) groups excluding carboxylic acids is 1. The average molecular weight is 328 g/mol. The third kappa shape index (κ3) is 2.84. The molecule has 0 spiro atoms. The summed E-state index contributed by atoms with van der Waals surface area (Å²) in [6, 6.07) is 9.46. The Bertz CT molecular complexity index is 925. The number of amides is 1. The lowest BCUT2D eigenvalue weighted by atomic mass is 10.0. The van der Waals surface area contributed by atoms with Crippen LogP contribution in [0.4, 0.5) is 5.69 Å². The second-order valence-corrected chi connectivity index (χ2v) is 6.31. The van der Waals surface area contributed by atoms with Gasteiger partial charge in [-0.2, -0.15) is 0 Å². The predicted octanol–water partition coefficient (Wildman–Crippen LogP) is 5.57. The smallest absolute Gasteiger partial charge is 0.291 e. The van der Waals surface area contributed by atoms with E-state index in [-0.39, 0.29) is 5.91 Å². The van der Waals surface area contributed by atoms with Crippen LogP contribution < -0.4 is 5.32 Å². The third-order valence-corrected chi connectivity index (χ3v) is 4.60. The van der Waals surface area contributed by atoms with Gasteiger partial charge in [0.15, 0.2) is 5.76 Å². The summed E-state index contributed by atoms with van der Waals surface area (Å²) in [4.78, 5) is 12.5. The molecule has 0 radical (unpaired) electrons. The summed E-state index contributed by atoms with van der Waals surface area (Å²) in [6.45, 7) is 7.90. The maximum atomic E-state index is 12.5. The molecule has 0 unspecified atom stereocenters. The number of rotatable bonds is 2. The van der Waals surface area contributed by atoms with Crippen molar-refractivity contribution in [2.75, 3.05) is 5.32 Å². The van der Waals surface area contributed by atoms with Gasteiger partial charge in [-0.1, -0.05) is 17.7 Å². The Morgan fingerprint density at radius 3 is 2.39 bits per heavy atom. The molecule has 0 aliphatic heterocycles. The summed E-state index contributed by atoms with van der Waals surface area (Å²) in [6.07, 6.45) is 0. The second kappa shape index (κ2) is 5.74. The van der Waals surface area contributed by atoms with E-state index < -0.39 is 0 Å². The number of hydrogen-bond acceptors (Lipinski definition) is 2. The summed E-state index contributed by atoms with van der Waals surface area (Å²) >= 11 is 6.10. The number of fused-ring (bicyclic) bond motifs is 1. The normalized spacial score (nSPS) is 11.0. The minimum Gasteiger partial charge on any atom is -0.451 e. The molecule has 3 aromatic rings. The minimum absolute atomic E-state index is 0.270. The molecule has 3 rings (SSSR count). The zero-order valence-corrected chi connectivity index (χ0v) is 14.3. The number of benzene rings is 2. The van der Waals surface area contributed by atoms with Crippen molar-refractivity contribution in [2.45, 2.75) is 27.7 Å². The Kier molecular flexibility index (Phi) is 3.90. The van der Waals surface area contributed by atoms with E-state index >= 15 is 0 Å². The molecular weight excluding hydrogens is 310 g/mol. The number of aryl methyl sites for hydroxylation is 4. The molecule has 1 amide bonds. The molecule has 1 N–H and O–H groups in total. The van der Waals surface area contributed by atoms with Crippen LogP contribution in [-0.4, -0.2) is 5.91 Å². The Morgan fingerprint density at radius 1 is 1.00 bits per heavy atom. The number of halogens is 1. The number of furan rings is 1. The second-order valence-electron chi connectivity index (χ2n) is 5.91. The summed E-state index contributed by atoms with van der Waals surface area (Å²) < 4.78 is 5.78. The van der Waals surface area contributed by atoms with Gasteiger partial charge in [-0.15, -0.1) is 0 Å². The lowest BCUT2D eigenvalue weighted by molar-refractivity contribution is 0.0998. The number of carbonyl (C=O) groups is 1. The van der Waals surface area contributed by atoms with Crippen molar-refractivity contribution in [3.05, 3.63) is 63.4 Å². The molecule has 1 aromatic heterocycles. The van der Waals surface area contributed by atoms with E-state index in [1.807, 2.05) is 39.0 Å². The van der Waals surface area contributed by atoms with E-state index in [4.69, 9.17) is 16.0 Å². The van der Waals surface area contributed by atoms with Gasteiger partial charge in [0.1, 0.15) is 5.58 Å². The zero-order chi connectivity index (χ0) is 16.7. The first kappa shape index (κ1) is 15.6. The van der Waals surface area contributed by atoms with Crippen LogP contribution in [0.2, 0.25) is 5.02 Å². The van der Waals surface area contributed by atoms with Crippen LogP contribution in [0.1, 0.15) is 32.8 Å². The van der Waals surface area contributed by atoms with Crippen LogP contribution in [0.25, 0.3) is 11.0 Å². The monoisotopic (exact) mass is 327 g/mol. The summed E-state index contributed by atoms with van der Waals surface area (Å²) in [5.41, 5.74) is 5.52. The maximum Gasteiger partial charge on any atom is 0.291 e. The quantitative estimate of drug-likeness (QED) is 0.668. The van der Waals surface area contributed by atoms with Gasteiger partial charge in [-0.3, -0.25) is 4.79 Å². The highest BCUT2D eigenvalue weighted by Crippen LogP contribution is 2.29. The van der Waals surface area contributed by atoms with Gasteiger partial charge < -0.3 is 9.73 Å². The van der Waals surface area contributed by atoms with Crippen LogP contribution in [0.15, 0.2) is 34.7 Å². The molecule has 2 aromatic carbocycles. The summed E-state index contributed by atoms with van der Waals surface area (Å²) in [5.74, 6) is 0.0654. The average Bonchev–Trinajstić information content (AvgIpc) is 2.80. The fraction of sp³-hybridized carbons (Fsp3) is 0.211. The molecule has 118 valence electrons. The van der Waals surface area contributed by atoms with E-state index in [0.29, 0.717) is 16.5 Å². The lowest BCUT2D eigenvalue weighted by Crippen LogP contribution is -2.12. The predicted molar refractivity (Wildman–Crippen MR) is 94.6 cm³/mol. The van der Waals surface area contributed by atoms with Crippen molar-refractivity contribution >= 4 is 34.2 Å². The van der Waals surface area contributed by atoms with E-state index in [1.54, 1.807) is 6.07 Å². The molecule has 0 bridgehead atoms. The highest BCUT2D eigenvalue weighted by atomic mass is 35.5. The van der Waals surface area contributed by atoms with Crippen molar-refractivity contribution in [3.8, 4) is 0 Å². The van der Waals surface area contributed by atoms with Crippen molar-refractivity contribution in [1.29, 1.82) is 0 Å². The maximum absolute atomic E-state index is 12.5. The third-order valence-electron chi connectivity index (χ3n) is 4.19. The van der Waals surface area contributed by atoms with Crippen LogP contribution in [0.3, 0.4) is 0 Å². The van der Waals surface area contributed by atoms with E-state index in [2.05, 4.69) is 18.3 Å². The molecule has 0 aliphatic carbocycles. The van der Waals surface area contributed by atoms with Crippen molar-refractivity contribution in [2.24, 2.45) is 0 Å². The van der Waals surface area contributed by atoms with Crippen LogP contribution >= 0.6 is 11.6 Å². The topological polar surface area (TPSA) is 42.2 Å². The number of anilines is 1. The molecule has 0 fully saturated rings. The Morgan fingerprint density at radius 2 is 1.70 bits per heavy atom. The standard InChI is InChI=1S/C19H18ClNO2/c1-10-5-6-14(9-16(10)20)21-19(22)18-13(4)15-7-11(2)12(3)8-17(15)23-18/h5-9H,1-4H3,(H,21,22). The van der Waals surface area contributed by atoms with Gasteiger partial charge in [-0.25, -0.2) is 0 Å². The van der Waals surface area contributed by atoms with Crippen molar-refractivity contribution in [3.63, 3.8) is 0 Å². The van der Waals surface area contributed by atoms with Crippen LogP contribution in [-0.2, 0) is 0 Å². The molecule has 0 atom stereocenters. The Hall–Kier alpha value is -2.26. The molecular formula is C19H18ClNO2. The van der Waals surface area contributed by atoms with Crippen LogP contribution in [0, 0.1) is 27.7 Å². The largest absolute Gasteiger partial charge is 0.451 e. The molecule has 0 aliphatic rings. The molecule has 4 heteroatoms. The molecule has 23 heavy (non-hydrogen) atoms. The Balaban J connectivity index is 1.97. The van der Waals surface area contributed by atoms with Gasteiger partial charge >= 0.3 is 0 Å². The van der Waals surface area contributed by atoms with Gasteiger partial charge in [0.2, 0.25) is 0 Å². The fourth-order valence-electron chi connectivity index (χ4n) is 2.55. The summed E-state index contributed by atoms with van der Waals surface area (Å²) in [5, 5.41) is 4.43. The SMILES string of the molecule is Cc1cc2oc(C(=O)Nc3ccc(C)c(Cl)c3)c(C)c2cc1C. The van der Waals surface area contributed by atoms with Gasteiger partial charge in [-0.05, 0) is 68.7 Å². The van der Waals surface area contributed by atoms with Gasteiger partial charge in [0.05, 0.1) is 0 Å². The van der Waals surface area contributed by atoms with Crippen molar-refractivity contribution < 1.29 is 9.21 Å². The van der Waals surface area contributed by atoms with Crippen LogP contribution in [0.5, 0.6) is 0 Å². The fourth-order valence-corrected chi connectivity index (χ4v) is 2.73. The lowest BCUT2D eigenvalue weighted by Gasteiger charge is -2.05. The van der Waals surface area contributed by atoms with E-state index in [0.717, 1.165) is 27.7 Å². The Labute approximate surface area is 140 Å². The number of hydrogen-bond donors (Lipinski definition) is 1. The van der Waals surface area contributed by atoms with Gasteiger partial charge in [0, 0.05) is 21.7 Å². The molecule has 1 heterocycles. The first-order valence-electron chi connectivity index (χ1n) is 7.44. The van der Waals surface area contributed by atoms with Crippen molar-refractivity contribution in [1.82, 2.24) is 0 Å². The first-order valence-corrected chi connectivity index (χ1v) is 7.82. The van der Waals surface area contributed by atoms with E-state index in [1.165, 1.54) is 5.56 Å². The highest BCUT2D eigenvalue weighted by molar-refractivity contribution is 6.31. The van der Waals surface area contributed by atoms with Gasteiger partial charge in [0.25, 0.3) is 5.91 Å². The van der Waals surface area contributed by atoms with E-state index in [9.17, 15) is 4.79 Å². The molecule has 0 saturated heterocycles. The molecule has 0 saturated carbocycles. The first-order chi connectivity index (χ1) is 10.9. The summed E-state index contributed by atoms with van der Waals surface area (Å²) in [7, 11) is 0. The molecule has 3 nitrogen and oxygen atoms in total. The zero-order valence-electron chi connectivity index (χ0n) is 13.6. The highest BCUT2D eigenvalue weighted by Gasteiger charge is 2.18. The minimum atomic E-state index is -0.270.